The first-order chi connectivity index (χ1) is 9.25. The van der Waals surface area contributed by atoms with E-state index in [1.54, 1.807) is 0 Å². The lowest BCUT2D eigenvalue weighted by Gasteiger charge is -2.30. The molecule has 0 radical (unpaired) electrons. The van der Waals surface area contributed by atoms with Gasteiger partial charge in [-0.05, 0) is 29.5 Å². The van der Waals surface area contributed by atoms with Crippen LogP contribution in [-0.2, 0) is 5.41 Å². The number of rotatable bonds is 5. The van der Waals surface area contributed by atoms with Gasteiger partial charge in [0.25, 0.3) is 0 Å². The molecule has 2 aromatic carbocycles. The van der Waals surface area contributed by atoms with Crippen LogP contribution in [0, 0.1) is 0 Å². The molecule has 2 aromatic rings. The van der Waals surface area contributed by atoms with E-state index in [4.69, 9.17) is 0 Å². The smallest absolute Gasteiger partial charge is 0.0527 e. The maximum Gasteiger partial charge on any atom is 0.0527 e. The summed E-state index contributed by atoms with van der Waals surface area (Å²) in [5.41, 5.74) is 3.61. The molecule has 0 aliphatic carbocycles. The molecule has 0 aliphatic heterocycles. The molecule has 0 aromatic heterocycles. The van der Waals surface area contributed by atoms with Gasteiger partial charge in [-0.3, -0.25) is 0 Å². The van der Waals surface area contributed by atoms with Gasteiger partial charge in [-0.15, -0.1) is 0 Å². The lowest BCUT2D eigenvalue weighted by Crippen LogP contribution is -2.28. The molecule has 2 rings (SSSR count). The lowest BCUT2D eigenvalue weighted by atomic mass is 9.76. The number of hydrogen-bond acceptors (Lipinski definition) is 1. The Morgan fingerprint density at radius 1 is 0.789 bits per heavy atom. The molecule has 0 heterocycles. The maximum atomic E-state index is 9.72. The molecule has 19 heavy (non-hydrogen) atoms. The number of aliphatic hydroxyl groups excluding tert-OH is 1. The van der Waals surface area contributed by atoms with E-state index in [0.717, 1.165) is 12.8 Å². The van der Waals surface area contributed by atoms with E-state index < -0.39 is 0 Å². The van der Waals surface area contributed by atoms with E-state index in [0.29, 0.717) is 0 Å². The van der Waals surface area contributed by atoms with Crippen molar-refractivity contribution in [3.05, 3.63) is 60.2 Å². The molecule has 0 saturated heterocycles. The van der Waals surface area contributed by atoms with Crippen molar-refractivity contribution in [2.45, 2.75) is 32.1 Å². The summed E-state index contributed by atoms with van der Waals surface area (Å²) >= 11 is 0. The molecule has 0 fully saturated rings. The third-order valence-corrected chi connectivity index (χ3v) is 4.26. The van der Waals surface area contributed by atoms with Crippen molar-refractivity contribution >= 4 is 0 Å². The van der Waals surface area contributed by atoms with Crippen molar-refractivity contribution < 1.29 is 5.11 Å². The zero-order valence-electron chi connectivity index (χ0n) is 11.8. The van der Waals surface area contributed by atoms with Crippen LogP contribution in [0.15, 0.2) is 54.6 Å². The standard InChI is InChI=1S/C18H22O/c1-3-18(4-2,14-19)17-12-10-16(11-13-17)15-8-6-5-7-9-15/h5-13,19H,3-4,14H2,1-2H3. The largest absolute Gasteiger partial charge is 0.395 e. The van der Waals surface area contributed by atoms with E-state index in [9.17, 15) is 5.11 Å². The summed E-state index contributed by atoms with van der Waals surface area (Å²) in [7, 11) is 0. The van der Waals surface area contributed by atoms with Gasteiger partial charge in [0.05, 0.1) is 6.61 Å². The molecule has 1 nitrogen and oxygen atoms in total. The van der Waals surface area contributed by atoms with Gasteiger partial charge in [0.1, 0.15) is 0 Å². The number of aliphatic hydroxyl groups is 1. The van der Waals surface area contributed by atoms with E-state index in [-0.39, 0.29) is 12.0 Å². The Morgan fingerprint density at radius 3 is 1.79 bits per heavy atom. The van der Waals surface area contributed by atoms with Crippen molar-refractivity contribution in [1.82, 2.24) is 0 Å². The first-order valence-corrected chi connectivity index (χ1v) is 7.02. The molecule has 0 unspecified atom stereocenters. The molecule has 1 N–H and O–H groups in total. The predicted octanol–water partition coefficient (Wildman–Crippen LogP) is 4.40. The third kappa shape index (κ3) is 2.71. The first-order valence-electron chi connectivity index (χ1n) is 7.02. The van der Waals surface area contributed by atoms with E-state index in [1.807, 2.05) is 6.07 Å². The zero-order valence-corrected chi connectivity index (χ0v) is 11.8. The van der Waals surface area contributed by atoms with Crippen LogP contribution < -0.4 is 0 Å². The average Bonchev–Trinajstić information content (AvgIpc) is 2.51. The van der Waals surface area contributed by atoms with Crippen LogP contribution in [0.3, 0.4) is 0 Å². The molecule has 100 valence electrons. The number of benzene rings is 2. The van der Waals surface area contributed by atoms with Gasteiger partial charge in [0.2, 0.25) is 0 Å². The predicted molar refractivity (Wildman–Crippen MR) is 81.2 cm³/mol. The summed E-state index contributed by atoms with van der Waals surface area (Å²) in [6.07, 6.45) is 1.93. The van der Waals surface area contributed by atoms with Crippen LogP contribution in [0.25, 0.3) is 11.1 Å². The first kappa shape index (κ1) is 13.8. The third-order valence-electron chi connectivity index (χ3n) is 4.26. The van der Waals surface area contributed by atoms with E-state index in [2.05, 4.69) is 62.4 Å². The highest BCUT2D eigenvalue weighted by Crippen LogP contribution is 2.32. The molecule has 1 heteroatoms. The van der Waals surface area contributed by atoms with Gasteiger partial charge in [-0.25, -0.2) is 0 Å². The molecule has 0 spiro atoms. The Bertz CT molecular complexity index is 487. The second-order valence-electron chi connectivity index (χ2n) is 5.09. The molecular weight excluding hydrogens is 232 g/mol. The van der Waals surface area contributed by atoms with Crippen LogP contribution in [0.5, 0.6) is 0 Å². The molecular formula is C18H22O. The summed E-state index contributed by atoms with van der Waals surface area (Å²) in [5, 5.41) is 9.72. The maximum absolute atomic E-state index is 9.72. The Balaban J connectivity index is 2.33. The molecule has 0 aliphatic rings. The van der Waals surface area contributed by atoms with Gasteiger partial charge in [0.15, 0.2) is 0 Å². The number of hydrogen-bond donors (Lipinski definition) is 1. The minimum atomic E-state index is -0.0881. The second-order valence-corrected chi connectivity index (χ2v) is 5.09. The van der Waals surface area contributed by atoms with Gasteiger partial charge in [-0.1, -0.05) is 68.4 Å². The van der Waals surface area contributed by atoms with Crippen molar-refractivity contribution in [1.29, 1.82) is 0 Å². The Morgan fingerprint density at radius 2 is 1.32 bits per heavy atom. The van der Waals surface area contributed by atoms with Crippen LogP contribution >= 0.6 is 0 Å². The van der Waals surface area contributed by atoms with Gasteiger partial charge in [-0.2, -0.15) is 0 Å². The fraction of sp³-hybridized carbons (Fsp3) is 0.333. The highest BCUT2D eigenvalue weighted by Gasteiger charge is 2.27. The van der Waals surface area contributed by atoms with Crippen molar-refractivity contribution in [2.75, 3.05) is 6.61 Å². The summed E-state index contributed by atoms with van der Waals surface area (Å²) in [6, 6.07) is 19.0. The fourth-order valence-electron chi connectivity index (χ4n) is 2.62. The topological polar surface area (TPSA) is 20.2 Å². The van der Waals surface area contributed by atoms with Crippen LogP contribution in [-0.4, -0.2) is 11.7 Å². The van der Waals surface area contributed by atoms with Crippen LogP contribution in [0.2, 0.25) is 0 Å². The summed E-state index contributed by atoms with van der Waals surface area (Å²) in [5.74, 6) is 0. The molecule has 0 amide bonds. The average molecular weight is 254 g/mol. The highest BCUT2D eigenvalue weighted by atomic mass is 16.3. The van der Waals surface area contributed by atoms with Crippen LogP contribution in [0.1, 0.15) is 32.3 Å². The molecule has 0 bridgehead atoms. The van der Waals surface area contributed by atoms with Crippen LogP contribution in [0.4, 0.5) is 0 Å². The van der Waals surface area contributed by atoms with Gasteiger partial charge >= 0.3 is 0 Å². The quantitative estimate of drug-likeness (QED) is 0.838. The Hall–Kier alpha value is -1.60. The summed E-state index contributed by atoms with van der Waals surface area (Å²) < 4.78 is 0. The summed E-state index contributed by atoms with van der Waals surface area (Å²) in [4.78, 5) is 0. The fourth-order valence-corrected chi connectivity index (χ4v) is 2.62. The van der Waals surface area contributed by atoms with Crippen molar-refractivity contribution in [3.8, 4) is 11.1 Å². The molecule has 0 atom stereocenters. The summed E-state index contributed by atoms with van der Waals surface area (Å²) in [6.45, 7) is 4.50. The second kappa shape index (κ2) is 6.03. The van der Waals surface area contributed by atoms with Crippen molar-refractivity contribution in [2.24, 2.45) is 0 Å². The normalized spacial score (nSPS) is 11.5. The minimum absolute atomic E-state index is 0.0881. The minimum Gasteiger partial charge on any atom is -0.395 e. The van der Waals surface area contributed by atoms with Gasteiger partial charge in [0, 0.05) is 5.41 Å². The Labute approximate surface area is 115 Å². The van der Waals surface area contributed by atoms with E-state index >= 15 is 0 Å². The van der Waals surface area contributed by atoms with Gasteiger partial charge < -0.3 is 5.11 Å². The SMILES string of the molecule is CCC(CC)(CO)c1ccc(-c2ccccc2)cc1. The molecule has 0 saturated carbocycles. The lowest BCUT2D eigenvalue weighted by molar-refractivity contribution is 0.183. The zero-order chi connectivity index (χ0) is 13.7. The highest BCUT2D eigenvalue weighted by molar-refractivity contribution is 5.63. The Kier molecular flexibility index (Phi) is 4.39. The van der Waals surface area contributed by atoms with Crippen molar-refractivity contribution in [3.63, 3.8) is 0 Å². The van der Waals surface area contributed by atoms with E-state index in [1.165, 1.54) is 16.7 Å². The monoisotopic (exact) mass is 254 g/mol.